The summed E-state index contributed by atoms with van der Waals surface area (Å²) in [6.07, 6.45) is 0. The molecule has 0 saturated carbocycles. The summed E-state index contributed by atoms with van der Waals surface area (Å²) in [6.45, 7) is 0. The highest BCUT2D eigenvalue weighted by molar-refractivity contribution is 6.26. The van der Waals surface area contributed by atoms with E-state index in [0.717, 1.165) is 66.9 Å². The summed E-state index contributed by atoms with van der Waals surface area (Å²) in [7, 11) is 0. The first kappa shape index (κ1) is 42.7. The van der Waals surface area contributed by atoms with Crippen LogP contribution >= 0.6 is 0 Å². The molecule has 15 aromatic rings. The van der Waals surface area contributed by atoms with Gasteiger partial charge in [0.2, 0.25) is 0 Å². The zero-order valence-electron chi connectivity index (χ0n) is 40.9. The Hall–Kier alpha value is -9.96. The Morgan fingerprint density at radius 1 is 0.253 bits per heavy atom. The lowest BCUT2D eigenvalue weighted by Crippen LogP contribution is -2.09. The fraction of sp³-hybridized carbons (Fsp3) is 0. The van der Waals surface area contributed by atoms with E-state index in [1.165, 1.54) is 76.4 Å². The van der Waals surface area contributed by atoms with Gasteiger partial charge in [0.25, 0.3) is 0 Å². The Labute approximate surface area is 434 Å². The van der Waals surface area contributed by atoms with Gasteiger partial charge >= 0.3 is 0 Å². The van der Waals surface area contributed by atoms with Gasteiger partial charge in [-0.2, -0.15) is 0 Å². The van der Waals surface area contributed by atoms with Crippen molar-refractivity contribution < 1.29 is 4.42 Å². The van der Waals surface area contributed by atoms with Crippen LogP contribution in [0.5, 0.6) is 0 Å². The average Bonchev–Trinajstić information content (AvgIpc) is 4.07. The molecule has 0 N–H and O–H groups in total. The number of hydrogen-bond donors (Lipinski definition) is 0. The lowest BCUT2D eigenvalue weighted by Gasteiger charge is -2.26. The molecule has 0 fully saturated rings. The van der Waals surface area contributed by atoms with Crippen LogP contribution in [0.1, 0.15) is 0 Å². The van der Waals surface area contributed by atoms with Crippen molar-refractivity contribution in [3.63, 3.8) is 0 Å². The van der Waals surface area contributed by atoms with Crippen molar-refractivity contribution in [3.8, 4) is 50.2 Å². The van der Waals surface area contributed by atoms with Crippen molar-refractivity contribution in [1.82, 2.24) is 4.57 Å². The number of rotatable bonds is 8. The maximum absolute atomic E-state index is 6.47. The summed E-state index contributed by atoms with van der Waals surface area (Å²) < 4.78 is 8.92. The average molecular weight is 955 g/mol. The quantitative estimate of drug-likeness (QED) is 0.142. The van der Waals surface area contributed by atoms with Gasteiger partial charge in [-0.05, 0) is 150 Å². The van der Waals surface area contributed by atoms with Crippen LogP contribution in [-0.4, -0.2) is 4.57 Å². The molecule has 0 unspecified atom stereocenters. The van der Waals surface area contributed by atoms with E-state index in [0.29, 0.717) is 0 Å². The first-order valence-electron chi connectivity index (χ1n) is 25.7. The molecule has 15 rings (SSSR count). The van der Waals surface area contributed by atoms with Crippen molar-refractivity contribution in [2.75, 3.05) is 4.90 Å². The van der Waals surface area contributed by atoms with Crippen molar-refractivity contribution in [3.05, 3.63) is 279 Å². The summed E-state index contributed by atoms with van der Waals surface area (Å²) in [5, 5.41) is 12.3. The number of furan rings is 1. The van der Waals surface area contributed by atoms with E-state index in [4.69, 9.17) is 4.42 Å². The Morgan fingerprint density at radius 2 is 0.667 bits per heavy atom. The summed E-state index contributed by atoms with van der Waals surface area (Å²) in [5.41, 5.74) is 17.8. The molecule has 0 amide bonds. The van der Waals surface area contributed by atoms with Crippen LogP contribution in [-0.2, 0) is 0 Å². The van der Waals surface area contributed by atoms with Crippen LogP contribution in [0.2, 0.25) is 0 Å². The SMILES string of the molecule is c1ccc(-c2ccc(N(c3ccc(-c4ccc5c(c4)c4cc(-c6ccccc6)ccc4n5-c4ccc5c6ccccc6c6ccccc6c5c4)cc3)c3ccc(-c4cccc5c4oc4ccccc45)cc3)cc2)cc1. The predicted molar refractivity (Wildman–Crippen MR) is 317 cm³/mol. The molecule has 13 aromatic carbocycles. The lowest BCUT2D eigenvalue weighted by molar-refractivity contribution is 0.670. The Bertz CT molecular complexity index is 4630. The van der Waals surface area contributed by atoms with Crippen LogP contribution in [0.15, 0.2) is 283 Å². The molecule has 2 heterocycles. The monoisotopic (exact) mass is 954 g/mol. The lowest BCUT2D eigenvalue weighted by atomic mass is 9.94. The first-order chi connectivity index (χ1) is 37.2. The Morgan fingerprint density at radius 3 is 1.23 bits per heavy atom. The molecule has 350 valence electrons. The number of para-hydroxylation sites is 2. The minimum absolute atomic E-state index is 0.901. The number of aromatic nitrogens is 1. The highest BCUT2D eigenvalue weighted by Crippen LogP contribution is 2.43. The molecule has 0 aliphatic carbocycles. The van der Waals surface area contributed by atoms with Gasteiger partial charge in [-0.25, -0.2) is 0 Å². The topological polar surface area (TPSA) is 21.3 Å². The second-order valence-corrected chi connectivity index (χ2v) is 19.6. The second-order valence-electron chi connectivity index (χ2n) is 19.6. The molecule has 2 aromatic heterocycles. The van der Waals surface area contributed by atoms with Crippen molar-refractivity contribution in [1.29, 1.82) is 0 Å². The van der Waals surface area contributed by atoms with Crippen molar-refractivity contribution >= 4 is 93.1 Å². The molecule has 0 radical (unpaired) electrons. The zero-order chi connectivity index (χ0) is 49.4. The van der Waals surface area contributed by atoms with Gasteiger partial charge in [-0.3, -0.25) is 0 Å². The molecule has 0 aliphatic rings. The molecule has 3 nitrogen and oxygen atoms in total. The molecule has 0 saturated heterocycles. The largest absolute Gasteiger partial charge is 0.455 e. The first-order valence-corrected chi connectivity index (χ1v) is 25.7. The third-order valence-corrected chi connectivity index (χ3v) is 15.4. The summed E-state index contributed by atoms with van der Waals surface area (Å²) in [6, 6.07) is 101. The van der Waals surface area contributed by atoms with Gasteiger partial charge in [0.1, 0.15) is 11.2 Å². The van der Waals surface area contributed by atoms with Crippen LogP contribution in [0.3, 0.4) is 0 Å². The van der Waals surface area contributed by atoms with Gasteiger partial charge in [-0.15, -0.1) is 0 Å². The minimum Gasteiger partial charge on any atom is -0.455 e. The van der Waals surface area contributed by atoms with E-state index in [2.05, 4.69) is 276 Å². The fourth-order valence-corrected chi connectivity index (χ4v) is 11.8. The van der Waals surface area contributed by atoms with Crippen LogP contribution in [0.4, 0.5) is 17.1 Å². The van der Waals surface area contributed by atoms with E-state index in [-0.39, 0.29) is 0 Å². The van der Waals surface area contributed by atoms with Crippen LogP contribution in [0, 0.1) is 0 Å². The number of nitrogens with zero attached hydrogens (tertiary/aromatic N) is 2. The molecular weight excluding hydrogens is 909 g/mol. The fourth-order valence-electron chi connectivity index (χ4n) is 11.8. The van der Waals surface area contributed by atoms with E-state index in [1.807, 2.05) is 12.1 Å². The van der Waals surface area contributed by atoms with Crippen molar-refractivity contribution in [2.24, 2.45) is 0 Å². The molecule has 3 heteroatoms. The maximum atomic E-state index is 6.47. The number of fused-ring (bicyclic) bond motifs is 12. The van der Waals surface area contributed by atoms with Crippen molar-refractivity contribution in [2.45, 2.75) is 0 Å². The summed E-state index contributed by atoms with van der Waals surface area (Å²) in [5.74, 6) is 0. The van der Waals surface area contributed by atoms with E-state index < -0.39 is 0 Å². The van der Waals surface area contributed by atoms with Crippen LogP contribution in [0.25, 0.3) is 126 Å². The highest BCUT2D eigenvalue weighted by atomic mass is 16.3. The van der Waals surface area contributed by atoms with Gasteiger partial charge < -0.3 is 13.9 Å². The molecule has 0 atom stereocenters. The molecule has 75 heavy (non-hydrogen) atoms. The molecule has 0 aliphatic heterocycles. The number of anilines is 3. The van der Waals surface area contributed by atoms with E-state index in [1.54, 1.807) is 0 Å². The maximum Gasteiger partial charge on any atom is 0.143 e. The minimum atomic E-state index is 0.901. The number of benzene rings is 13. The third kappa shape index (κ3) is 7.12. The molecule has 0 spiro atoms. The zero-order valence-corrected chi connectivity index (χ0v) is 40.9. The molecular formula is C72H46N2O. The Balaban J connectivity index is 0.843. The summed E-state index contributed by atoms with van der Waals surface area (Å²) in [4.78, 5) is 2.35. The Kier molecular flexibility index (Phi) is 9.89. The number of hydrogen-bond acceptors (Lipinski definition) is 2. The summed E-state index contributed by atoms with van der Waals surface area (Å²) >= 11 is 0. The molecule has 0 bridgehead atoms. The highest BCUT2D eigenvalue weighted by Gasteiger charge is 2.19. The van der Waals surface area contributed by atoms with Gasteiger partial charge in [0, 0.05) is 49.9 Å². The smallest absolute Gasteiger partial charge is 0.143 e. The van der Waals surface area contributed by atoms with Crippen LogP contribution < -0.4 is 4.90 Å². The normalized spacial score (nSPS) is 11.7. The third-order valence-electron chi connectivity index (χ3n) is 15.4. The van der Waals surface area contributed by atoms with Gasteiger partial charge in [-0.1, -0.05) is 200 Å². The van der Waals surface area contributed by atoms with E-state index >= 15 is 0 Å². The standard InChI is InChI=1S/C72H46N2O/c1-3-14-47(15-4-1)49-26-34-54(35-27-49)73(56-38-30-51(31-39-56)58-23-13-24-65-64-22-11-12-25-71(64)75-72(58)65)55-36-28-50(29-37-55)53-33-43-70-68(45-53)67-44-52(48-16-5-2-6-17-48)32-42-69(67)74(70)57-40-41-63-61-20-8-7-18-59(61)60-19-9-10-21-62(60)66(63)46-57/h1-46H. The van der Waals surface area contributed by atoms with Gasteiger partial charge in [0.15, 0.2) is 0 Å². The predicted octanol–water partition coefficient (Wildman–Crippen LogP) is 20.3. The second kappa shape index (κ2) is 17.4. The van der Waals surface area contributed by atoms with Gasteiger partial charge in [0.05, 0.1) is 11.0 Å². The van der Waals surface area contributed by atoms with E-state index in [9.17, 15) is 0 Å².